The van der Waals surface area contributed by atoms with Crippen molar-refractivity contribution in [2.75, 3.05) is 45.7 Å². The first kappa shape index (κ1) is 21.7. The summed E-state index contributed by atoms with van der Waals surface area (Å²) in [7, 11) is 4.03. The molecule has 0 spiro atoms. The molecule has 1 heterocycles. The maximum absolute atomic E-state index is 12.7. The first-order valence-electron chi connectivity index (χ1n) is 9.87. The van der Waals surface area contributed by atoms with E-state index in [9.17, 15) is 4.79 Å². The largest absolute Gasteiger partial charge is 0.376 e. The van der Waals surface area contributed by atoms with E-state index in [-0.39, 0.29) is 18.2 Å². The second-order valence-electron chi connectivity index (χ2n) is 7.81. The number of nitrogens with one attached hydrogen (secondary N) is 1. The van der Waals surface area contributed by atoms with Crippen molar-refractivity contribution in [2.45, 2.75) is 45.9 Å². The number of urea groups is 1. The summed E-state index contributed by atoms with van der Waals surface area (Å²) in [5.74, 6) is 0.465. The van der Waals surface area contributed by atoms with Gasteiger partial charge in [0, 0.05) is 25.3 Å². The molecule has 1 aliphatic rings. The number of hydrogen-bond donors (Lipinski definition) is 1. The summed E-state index contributed by atoms with van der Waals surface area (Å²) in [6.45, 7) is 9.94. The van der Waals surface area contributed by atoms with E-state index in [1.807, 2.05) is 50.1 Å². The van der Waals surface area contributed by atoms with E-state index in [2.05, 4.69) is 24.2 Å². The lowest BCUT2D eigenvalue weighted by Crippen LogP contribution is -2.50. The van der Waals surface area contributed by atoms with Crippen molar-refractivity contribution in [1.29, 1.82) is 0 Å². The Bertz CT molecular complexity index is 594. The Hall–Kier alpha value is -1.63. The quantitative estimate of drug-likeness (QED) is 0.705. The van der Waals surface area contributed by atoms with Gasteiger partial charge in [-0.3, -0.25) is 0 Å². The second kappa shape index (κ2) is 10.6. The first-order valence-corrected chi connectivity index (χ1v) is 9.87. The number of hydrogen-bond acceptors (Lipinski definition) is 4. The van der Waals surface area contributed by atoms with Crippen LogP contribution in [0.5, 0.6) is 0 Å². The van der Waals surface area contributed by atoms with E-state index in [1.165, 1.54) is 0 Å². The van der Waals surface area contributed by atoms with Crippen LogP contribution in [0.2, 0.25) is 0 Å². The summed E-state index contributed by atoms with van der Waals surface area (Å²) < 4.78 is 11.1. The molecule has 152 valence electrons. The molecule has 1 aromatic carbocycles. The highest BCUT2D eigenvalue weighted by Crippen LogP contribution is 2.21. The van der Waals surface area contributed by atoms with Gasteiger partial charge in [-0.15, -0.1) is 0 Å². The Kier molecular flexibility index (Phi) is 8.54. The van der Waals surface area contributed by atoms with Crippen molar-refractivity contribution in [2.24, 2.45) is 5.92 Å². The molecule has 1 fully saturated rings. The maximum Gasteiger partial charge on any atom is 0.321 e. The summed E-state index contributed by atoms with van der Waals surface area (Å²) >= 11 is 0. The Labute approximate surface area is 163 Å². The minimum atomic E-state index is -0.0557. The lowest BCUT2D eigenvalue weighted by Gasteiger charge is -2.39. The van der Waals surface area contributed by atoms with Crippen LogP contribution < -0.4 is 5.32 Å². The van der Waals surface area contributed by atoms with E-state index < -0.39 is 0 Å². The van der Waals surface area contributed by atoms with Crippen LogP contribution in [0.4, 0.5) is 10.5 Å². The van der Waals surface area contributed by atoms with Gasteiger partial charge in [0.25, 0.3) is 0 Å². The average Bonchev–Trinajstić information content (AvgIpc) is 2.61. The van der Waals surface area contributed by atoms with E-state index in [4.69, 9.17) is 9.47 Å². The van der Waals surface area contributed by atoms with E-state index in [0.29, 0.717) is 25.7 Å². The highest BCUT2D eigenvalue weighted by molar-refractivity contribution is 5.89. The number of benzene rings is 1. The van der Waals surface area contributed by atoms with Crippen LogP contribution in [0.3, 0.4) is 0 Å². The molecular weight excluding hydrogens is 342 g/mol. The zero-order valence-electron chi connectivity index (χ0n) is 17.4. The lowest BCUT2D eigenvalue weighted by molar-refractivity contribution is 0.0143. The van der Waals surface area contributed by atoms with Gasteiger partial charge in [0.05, 0.1) is 25.9 Å². The number of anilines is 1. The van der Waals surface area contributed by atoms with E-state index >= 15 is 0 Å². The summed E-state index contributed by atoms with van der Waals surface area (Å²) in [6, 6.07) is 8.04. The number of amides is 2. The van der Waals surface area contributed by atoms with E-state index in [0.717, 1.165) is 30.8 Å². The van der Waals surface area contributed by atoms with Gasteiger partial charge in [-0.2, -0.15) is 0 Å². The lowest BCUT2D eigenvalue weighted by atomic mass is 9.93. The molecule has 0 aromatic heterocycles. The smallest absolute Gasteiger partial charge is 0.321 e. The number of rotatable bonds is 8. The summed E-state index contributed by atoms with van der Waals surface area (Å²) in [4.78, 5) is 16.8. The topological polar surface area (TPSA) is 54.0 Å². The number of piperidine rings is 1. The monoisotopic (exact) mass is 377 g/mol. The van der Waals surface area contributed by atoms with Gasteiger partial charge < -0.3 is 24.6 Å². The SMILES string of the molecule is CC(C)OCCOCc1cccc(NC(=O)N(C)[C@H]2CCN(C)C[C@@H]2C)c1. The zero-order chi connectivity index (χ0) is 19.8. The van der Waals surface area contributed by atoms with Crippen molar-refractivity contribution in [3.63, 3.8) is 0 Å². The number of ether oxygens (including phenoxy) is 2. The zero-order valence-corrected chi connectivity index (χ0v) is 17.4. The molecular formula is C21H35N3O3. The molecule has 0 radical (unpaired) electrons. The van der Waals surface area contributed by atoms with Crippen molar-refractivity contribution in [1.82, 2.24) is 9.80 Å². The molecule has 1 N–H and O–H groups in total. The van der Waals surface area contributed by atoms with Crippen LogP contribution in [0.25, 0.3) is 0 Å². The molecule has 2 atom stereocenters. The van der Waals surface area contributed by atoms with Crippen LogP contribution in [0.15, 0.2) is 24.3 Å². The van der Waals surface area contributed by atoms with Gasteiger partial charge in [-0.05, 0) is 57.5 Å². The predicted molar refractivity (Wildman–Crippen MR) is 109 cm³/mol. The molecule has 0 bridgehead atoms. The number of carbonyl (C=O) groups excluding carboxylic acids is 1. The third kappa shape index (κ3) is 7.13. The highest BCUT2D eigenvalue weighted by Gasteiger charge is 2.29. The fraction of sp³-hybridized carbons (Fsp3) is 0.667. The minimum Gasteiger partial charge on any atom is -0.376 e. The number of likely N-dealkylation sites (tertiary alicyclic amines) is 1. The third-order valence-electron chi connectivity index (χ3n) is 5.01. The van der Waals surface area contributed by atoms with Crippen molar-refractivity contribution in [3.8, 4) is 0 Å². The molecule has 2 rings (SSSR count). The summed E-state index contributed by atoms with van der Waals surface area (Å²) in [5, 5.41) is 3.02. The van der Waals surface area contributed by atoms with Gasteiger partial charge >= 0.3 is 6.03 Å². The molecule has 2 amide bonds. The summed E-state index contributed by atoms with van der Waals surface area (Å²) in [6.07, 6.45) is 1.23. The molecule has 0 saturated carbocycles. The van der Waals surface area contributed by atoms with Gasteiger partial charge in [-0.25, -0.2) is 4.79 Å². The Morgan fingerprint density at radius 1 is 1.37 bits per heavy atom. The van der Waals surface area contributed by atoms with Gasteiger partial charge in [0.2, 0.25) is 0 Å². The van der Waals surface area contributed by atoms with Crippen LogP contribution in [-0.4, -0.2) is 68.4 Å². The second-order valence-corrected chi connectivity index (χ2v) is 7.81. The minimum absolute atomic E-state index is 0.0557. The van der Waals surface area contributed by atoms with Gasteiger partial charge in [0.1, 0.15) is 0 Å². The fourth-order valence-electron chi connectivity index (χ4n) is 3.55. The predicted octanol–water partition coefficient (Wildman–Crippen LogP) is 3.43. The molecule has 27 heavy (non-hydrogen) atoms. The summed E-state index contributed by atoms with van der Waals surface area (Å²) in [5.41, 5.74) is 1.83. The van der Waals surface area contributed by atoms with Crippen LogP contribution >= 0.6 is 0 Å². The van der Waals surface area contributed by atoms with Crippen molar-refractivity contribution >= 4 is 11.7 Å². The Morgan fingerprint density at radius 2 is 2.15 bits per heavy atom. The van der Waals surface area contributed by atoms with Gasteiger partial charge in [0.15, 0.2) is 0 Å². The molecule has 0 unspecified atom stereocenters. The van der Waals surface area contributed by atoms with Crippen molar-refractivity contribution in [3.05, 3.63) is 29.8 Å². The van der Waals surface area contributed by atoms with Crippen LogP contribution in [0, 0.1) is 5.92 Å². The van der Waals surface area contributed by atoms with Gasteiger partial charge in [-0.1, -0.05) is 19.1 Å². The molecule has 6 heteroatoms. The standard InChI is InChI=1S/C21H35N3O3/c1-16(2)27-12-11-26-15-18-7-6-8-19(13-18)22-21(25)24(5)20-9-10-23(4)14-17(20)3/h6-8,13,16-17,20H,9-12,14-15H2,1-5H3,(H,22,25)/t17-,20-/m0/s1. The average molecular weight is 378 g/mol. The molecule has 0 aliphatic carbocycles. The molecule has 1 aromatic rings. The number of carbonyl (C=O) groups is 1. The molecule has 1 aliphatic heterocycles. The van der Waals surface area contributed by atoms with Crippen molar-refractivity contribution < 1.29 is 14.3 Å². The Morgan fingerprint density at radius 3 is 2.85 bits per heavy atom. The molecule has 6 nitrogen and oxygen atoms in total. The van der Waals surface area contributed by atoms with Crippen LogP contribution in [-0.2, 0) is 16.1 Å². The molecule has 1 saturated heterocycles. The van der Waals surface area contributed by atoms with Crippen LogP contribution in [0.1, 0.15) is 32.8 Å². The Balaban J connectivity index is 1.83. The third-order valence-corrected chi connectivity index (χ3v) is 5.01. The van der Waals surface area contributed by atoms with E-state index in [1.54, 1.807) is 0 Å². The fourth-order valence-corrected chi connectivity index (χ4v) is 3.55. The number of nitrogens with zero attached hydrogens (tertiary/aromatic N) is 2. The normalized spacial score (nSPS) is 20.7. The first-order chi connectivity index (χ1) is 12.9. The highest BCUT2D eigenvalue weighted by atomic mass is 16.5. The maximum atomic E-state index is 12.7.